The van der Waals surface area contributed by atoms with Gasteiger partial charge in [0.2, 0.25) is 0 Å². The average molecular weight is 312 g/mol. The lowest BCUT2D eigenvalue weighted by molar-refractivity contribution is 0.189. The first-order valence-electron chi connectivity index (χ1n) is 6.97. The van der Waals surface area contributed by atoms with Gasteiger partial charge in [-0.15, -0.1) is 0 Å². The highest BCUT2D eigenvalue weighted by Crippen LogP contribution is 2.16. The van der Waals surface area contributed by atoms with Gasteiger partial charge >= 0.3 is 0 Å². The number of nitrogens with zero attached hydrogens (tertiary/aromatic N) is 1. The van der Waals surface area contributed by atoms with Crippen LogP contribution in [0.4, 0.5) is 0 Å². The normalized spacial score (nSPS) is 11.5. The molecule has 18 heavy (non-hydrogen) atoms. The van der Waals surface area contributed by atoms with Gasteiger partial charge in [-0.25, -0.2) is 0 Å². The topological polar surface area (TPSA) is 3.24 Å². The zero-order valence-corrected chi connectivity index (χ0v) is 13.8. The first-order chi connectivity index (χ1) is 8.60. The largest absolute Gasteiger partial charge is 0.295 e. The number of alkyl halides is 1. The second-order valence-corrected chi connectivity index (χ2v) is 5.92. The van der Waals surface area contributed by atoms with Crippen LogP contribution in [0.15, 0.2) is 18.2 Å². The number of hydrogen-bond acceptors (Lipinski definition) is 1. The van der Waals surface area contributed by atoms with Crippen LogP contribution < -0.4 is 0 Å². The maximum Gasteiger partial charge on any atom is 0.0237 e. The van der Waals surface area contributed by atoms with Crippen molar-refractivity contribution in [3.05, 3.63) is 34.9 Å². The van der Waals surface area contributed by atoms with E-state index in [9.17, 15) is 0 Å². The second kappa shape index (κ2) is 7.96. The molecule has 0 N–H and O–H groups in total. The van der Waals surface area contributed by atoms with Gasteiger partial charge in [-0.05, 0) is 32.3 Å². The van der Waals surface area contributed by atoms with E-state index in [4.69, 9.17) is 0 Å². The summed E-state index contributed by atoms with van der Waals surface area (Å²) in [6, 6.07) is 7.58. The Hall–Kier alpha value is -0.340. The van der Waals surface area contributed by atoms with Crippen molar-refractivity contribution in [3.8, 4) is 0 Å². The summed E-state index contributed by atoms with van der Waals surface area (Å²) < 4.78 is 0. The average Bonchev–Trinajstić information content (AvgIpc) is 2.29. The Morgan fingerprint density at radius 2 is 1.61 bits per heavy atom. The number of benzene rings is 1. The lowest BCUT2D eigenvalue weighted by Crippen LogP contribution is -2.35. The van der Waals surface area contributed by atoms with Crippen molar-refractivity contribution in [3.63, 3.8) is 0 Å². The second-order valence-electron chi connectivity index (χ2n) is 5.13. The van der Waals surface area contributed by atoms with Crippen molar-refractivity contribution >= 4 is 15.9 Å². The Bertz CT molecular complexity index is 338. The molecule has 0 aromatic heterocycles. The van der Waals surface area contributed by atoms with Gasteiger partial charge < -0.3 is 0 Å². The Morgan fingerprint density at radius 3 is 2.06 bits per heavy atom. The van der Waals surface area contributed by atoms with Crippen molar-refractivity contribution in [2.45, 2.75) is 53.1 Å². The molecule has 0 fully saturated rings. The Kier molecular flexibility index (Phi) is 6.95. The van der Waals surface area contributed by atoms with Crippen LogP contribution in [0.5, 0.6) is 0 Å². The molecular formula is C16H26BrN. The highest BCUT2D eigenvalue weighted by molar-refractivity contribution is 9.09. The minimum absolute atomic E-state index is 0.698. The molecule has 1 aromatic carbocycles. The van der Waals surface area contributed by atoms with Crippen molar-refractivity contribution in [1.29, 1.82) is 0 Å². The van der Waals surface area contributed by atoms with Crippen LogP contribution in [0.3, 0.4) is 0 Å². The molecule has 2 heteroatoms. The van der Waals surface area contributed by atoms with Gasteiger partial charge in [-0.2, -0.15) is 0 Å². The summed E-state index contributed by atoms with van der Waals surface area (Å²) in [5.74, 6) is 0. The zero-order valence-electron chi connectivity index (χ0n) is 12.2. The summed E-state index contributed by atoms with van der Waals surface area (Å²) in [7, 11) is 0. The highest BCUT2D eigenvalue weighted by Gasteiger charge is 2.14. The van der Waals surface area contributed by atoms with Crippen LogP contribution in [-0.2, 0) is 6.54 Å². The smallest absolute Gasteiger partial charge is 0.0237 e. The summed E-state index contributed by atoms with van der Waals surface area (Å²) in [5, 5.41) is 1.05. The van der Waals surface area contributed by atoms with E-state index in [-0.39, 0.29) is 0 Å². The van der Waals surface area contributed by atoms with E-state index in [0.717, 1.165) is 18.4 Å². The van der Waals surface area contributed by atoms with Crippen LogP contribution >= 0.6 is 15.9 Å². The standard InChI is InChI=1S/C16H26BrN/c1-5-16(6-2)18(8-7-17)12-15-10-13(3)9-14(4)11-15/h9-11,16H,5-8,12H2,1-4H3. The molecule has 1 aromatic rings. The fourth-order valence-corrected chi connectivity index (χ4v) is 3.15. The fraction of sp³-hybridized carbons (Fsp3) is 0.625. The third kappa shape index (κ3) is 4.74. The molecule has 0 heterocycles. The van der Waals surface area contributed by atoms with Gasteiger partial charge in [-0.1, -0.05) is 59.1 Å². The number of halogens is 1. The molecule has 0 atom stereocenters. The molecule has 1 rings (SSSR count). The number of rotatable bonds is 7. The Balaban J connectivity index is 2.81. The zero-order chi connectivity index (χ0) is 13.5. The molecule has 0 bridgehead atoms. The van der Waals surface area contributed by atoms with Crippen molar-refractivity contribution < 1.29 is 0 Å². The van der Waals surface area contributed by atoms with E-state index in [0.29, 0.717) is 6.04 Å². The maximum atomic E-state index is 3.58. The van der Waals surface area contributed by atoms with E-state index < -0.39 is 0 Å². The molecule has 0 saturated carbocycles. The molecule has 0 radical (unpaired) electrons. The van der Waals surface area contributed by atoms with Crippen molar-refractivity contribution in [2.24, 2.45) is 0 Å². The molecule has 102 valence electrons. The Morgan fingerprint density at radius 1 is 1.06 bits per heavy atom. The molecule has 0 aliphatic carbocycles. The number of aryl methyl sites for hydroxylation is 2. The van der Waals surface area contributed by atoms with Crippen molar-refractivity contribution in [2.75, 3.05) is 11.9 Å². The summed E-state index contributed by atoms with van der Waals surface area (Å²) in [4.78, 5) is 2.60. The summed E-state index contributed by atoms with van der Waals surface area (Å²) in [5.41, 5.74) is 4.18. The molecule has 0 amide bonds. The summed E-state index contributed by atoms with van der Waals surface area (Å²) in [6.07, 6.45) is 2.46. The molecule has 0 aliphatic rings. The maximum absolute atomic E-state index is 3.58. The first kappa shape index (κ1) is 15.7. The van der Waals surface area contributed by atoms with E-state index in [1.165, 1.54) is 29.5 Å². The predicted octanol–water partition coefficient (Wildman–Crippen LogP) is 4.69. The van der Waals surface area contributed by atoms with Crippen molar-refractivity contribution in [1.82, 2.24) is 4.90 Å². The van der Waals surface area contributed by atoms with Crippen LogP contribution in [0.2, 0.25) is 0 Å². The minimum atomic E-state index is 0.698. The fourth-order valence-electron chi connectivity index (χ4n) is 2.70. The predicted molar refractivity (Wildman–Crippen MR) is 84.5 cm³/mol. The van der Waals surface area contributed by atoms with E-state index >= 15 is 0 Å². The van der Waals surface area contributed by atoms with E-state index in [1.54, 1.807) is 0 Å². The molecule has 1 nitrogen and oxygen atoms in total. The molecule has 0 spiro atoms. The molecule has 0 aliphatic heterocycles. The first-order valence-corrected chi connectivity index (χ1v) is 8.10. The van der Waals surface area contributed by atoms with Crippen LogP contribution in [0.25, 0.3) is 0 Å². The summed E-state index contributed by atoms with van der Waals surface area (Å²) in [6.45, 7) is 11.1. The molecular weight excluding hydrogens is 286 g/mol. The monoisotopic (exact) mass is 311 g/mol. The van der Waals surface area contributed by atoms with Crippen LogP contribution in [0, 0.1) is 13.8 Å². The van der Waals surface area contributed by atoms with Gasteiger partial charge in [-0.3, -0.25) is 4.90 Å². The van der Waals surface area contributed by atoms with E-state index in [2.05, 4.69) is 66.7 Å². The minimum Gasteiger partial charge on any atom is -0.295 e. The lowest BCUT2D eigenvalue weighted by atomic mass is 10.0. The van der Waals surface area contributed by atoms with Gasteiger partial charge in [0.05, 0.1) is 0 Å². The third-order valence-electron chi connectivity index (χ3n) is 3.50. The van der Waals surface area contributed by atoms with Crippen LogP contribution in [0.1, 0.15) is 43.4 Å². The number of hydrogen-bond donors (Lipinski definition) is 0. The van der Waals surface area contributed by atoms with Gasteiger partial charge in [0.1, 0.15) is 0 Å². The van der Waals surface area contributed by atoms with Gasteiger partial charge in [0, 0.05) is 24.5 Å². The summed E-state index contributed by atoms with van der Waals surface area (Å²) >= 11 is 3.58. The van der Waals surface area contributed by atoms with Crippen LogP contribution in [-0.4, -0.2) is 22.8 Å². The Labute approximate surface area is 121 Å². The highest BCUT2D eigenvalue weighted by atomic mass is 79.9. The van der Waals surface area contributed by atoms with Gasteiger partial charge in [0.25, 0.3) is 0 Å². The molecule has 0 saturated heterocycles. The van der Waals surface area contributed by atoms with E-state index in [1.807, 2.05) is 0 Å². The van der Waals surface area contributed by atoms with Gasteiger partial charge in [0.15, 0.2) is 0 Å². The third-order valence-corrected chi connectivity index (χ3v) is 3.85. The molecule has 0 unspecified atom stereocenters. The lowest BCUT2D eigenvalue weighted by Gasteiger charge is -2.30. The quantitative estimate of drug-likeness (QED) is 0.660. The SMILES string of the molecule is CCC(CC)N(CCBr)Cc1cc(C)cc(C)c1.